The SMILES string of the molecule is Cc1cccn2c(=O)c(/C=N\Nc3ncnc([N+](=O)[O-])c3N)c(NCc3ccco3)nc12. The maximum Gasteiger partial charge on any atom is 0.392 e. The third kappa shape index (κ3) is 3.94. The molecule has 0 saturated heterocycles. The van der Waals surface area contributed by atoms with E-state index >= 15 is 0 Å². The van der Waals surface area contributed by atoms with Crippen LogP contribution in [0.3, 0.4) is 0 Å². The summed E-state index contributed by atoms with van der Waals surface area (Å²) in [4.78, 5) is 35.3. The molecule has 0 unspecified atom stereocenters. The molecular formula is C19H17N9O4. The third-order valence-corrected chi connectivity index (χ3v) is 4.49. The van der Waals surface area contributed by atoms with Crippen molar-refractivity contribution in [3.63, 3.8) is 0 Å². The van der Waals surface area contributed by atoms with E-state index in [1.807, 2.05) is 13.0 Å². The van der Waals surface area contributed by atoms with Crippen LogP contribution < -0.4 is 22.0 Å². The molecule has 0 fully saturated rings. The molecule has 0 atom stereocenters. The van der Waals surface area contributed by atoms with Gasteiger partial charge in [-0.15, -0.1) is 0 Å². The predicted octanol–water partition coefficient (Wildman–Crippen LogP) is 1.93. The first kappa shape index (κ1) is 20.5. The molecule has 0 amide bonds. The van der Waals surface area contributed by atoms with Crippen molar-refractivity contribution in [1.29, 1.82) is 0 Å². The van der Waals surface area contributed by atoms with Gasteiger partial charge in [-0.2, -0.15) is 10.1 Å². The Morgan fingerprint density at radius 3 is 2.91 bits per heavy atom. The molecule has 0 saturated carbocycles. The summed E-state index contributed by atoms with van der Waals surface area (Å²) in [5.74, 6) is 0.311. The van der Waals surface area contributed by atoms with Crippen molar-refractivity contribution in [3.8, 4) is 0 Å². The molecule has 32 heavy (non-hydrogen) atoms. The third-order valence-electron chi connectivity index (χ3n) is 4.49. The second-order valence-corrected chi connectivity index (χ2v) is 6.58. The van der Waals surface area contributed by atoms with E-state index < -0.39 is 10.7 Å². The maximum atomic E-state index is 13.1. The number of nitrogens with one attached hydrogen (secondary N) is 2. The van der Waals surface area contributed by atoms with E-state index in [4.69, 9.17) is 10.2 Å². The van der Waals surface area contributed by atoms with Crippen molar-refractivity contribution >= 4 is 35.0 Å². The standard InChI is InChI=1S/C19H17N9O4/c1-11-4-2-6-27-17(11)25-15(21-8-12-5-3-7-32-12)13(19(27)29)9-24-26-16-14(20)18(28(30)31)23-10-22-16/h2-7,9-10,21H,8,20H2,1H3,(H,22,23,26)/b24-9-. The summed E-state index contributed by atoms with van der Waals surface area (Å²) in [6.45, 7) is 2.14. The van der Waals surface area contributed by atoms with Crippen molar-refractivity contribution in [1.82, 2.24) is 19.4 Å². The molecule has 4 rings (SSSR count). The number of pyridine rings is 1. The van der Waals surface area contributed by atoms with Gasteiger partial charge < -0.3 is 25.6 Å². The lowest BCUT2D eigenvalue weighted by Gasteiger charge is -2.11. The highest BCUT2D eigenvalue weighted by Gasteiger charge is 2.18. The fraction of sp³-hybridized carbons (Fsp3) is 0.105. The van der Waals surface area contributed by atoms with Crippen LogP contribution in [0.4, 0.5) is 23.1 Å². The molecule has 13 nitrogen and oxygen atoms in total. The zero-order valence-corrected chi connectivity index (χ0v) is 16.7. The van der Waals surface area contributed by atoms with E-state index in [0.29, 0.717) is 18.0 Å². The van der Waals surface area contributed by atoms with Crippen LogP contribution >= 0.6 is 0 Å². The molecule has 4 heterocycles. The minimum Gasteiger partial charge on any atom is -0.467 e. The molecule has 4 aromatic heterocycles. The van der Waals surface area contributed by atoms with Gasteiger partial charge in [0.25, 0.3) is 5.56 Å². The van der Waals surface area contributed by atoms with Crippen LogP contribution in [0.2, 0.25) is 0 Å². The Morgan fingerprint density at radius 1 is 1.31 bits per heavy atom. The summed E-state index contributed by atoms with van der Waals surface area (Å²) in [7, 11) is 0. The topological polar surface area (TPSA) is 179 Å². The second kappa shape index (κ2) is 8.51. The first-order valence-corrected chi connectivity index (χ1v) is 9.28. The van der Waals surface area contributed by atoms with Crippen LogP contribution in [0.5, 0.6) is 0 Å². The summed E-state index contributed by atoms with van der Waals surface area (Å²) in [5, 5.41) is 18.0. The molecule has 4 aromatic rings. The van der Waals surface area contributed by atoms with Gasteiger partial charge in [-0.3, -0.25) is 14.6 Å². The number of nitrogen functional groups attached to an aromatic ring is 1. The molecule has 13 heteroatoms. The Morgan fingerprint density at radius 2 is 2.16 bits per heavy atom. The van der Waals surface area contributed by atoms with E-state index in [0.717, 1.165) is 11.9 Å². The average molecular weight is 435 g/mol. The van der Waals surface area contributed by atoms with E-state index in [2.05, 4.69) is 30.8 Å². The first-order chi connectivity index (χ1) is 15.5. The number of nitrogens with zero attached hydrogens (tertiary/aromatic N) is 6. The fourth-order valence-electron chi connectivity index (χ4n) is 2.93. The van der Waals surface area contributed by atoms with Crippen LogP contribution in [0, 0.1) is 17.0 Å². The summed E-state index contributed by atoms with van der Waals surface area (Å²) in [6, 6.07) is 7.12. The lowest BCUT2D eigenvalue weighted by atomic mass is 10.2. The molecule has 4 N–H and O–H groups in total. The molecular weight excluding hydrogens is 418 g/mol. The van der Waals surface area contributed by atoms with Gasteiger partial charge in [-0.25, -0.2) is 4.98 Å². The normalized spacial score (nSPS) is 11.2. The number of hydrogen-bond acceptors (Lipinski definition) is 11. The lowest BCUT2D eigenvalue weighted by molar-refractivity contribution is -0.388. The smallest absolute Gasteiger partial charge is 0.392 e. The Labute approximate surface area is 179 Å². The highest BCUT2D eigenvalue weighted by molar-refractivity contribution is 5.87. The lowest BCUT2D eigenvalue weighted by Crippen LogP contribution is -2.23. The molecule has 0 spiro atoms. The van der Waals surface area contributed by atoms with Gasteiger partial charge in [-0.1, -0.05) is 6.07 Å². The minimum absolute atomic E-state index is 0.0715. The van der Waals surface area contributed by atoms with Crippen LogP contribution in [0.15, 0.2) is 57.4 Å². The van der Waals surface area contributed by atoms with Crippen molar-refractivity contribution in [2.45, 2.75) is 13.5 Å². The summed E-state index contributed by atoms with van der Waals surface area (Å²) in [6.07, 6.45) is 5.37. The van der Waals surface area contributed by atoms with Gasteiger partial charge in [0, 0.05) is 6.20 Å². The predicted molar refractivity (Wildman–Crippen MR) is 117 cm³/mol. The van der Waals surface area contributed by atoms with Crippen molar-refractivity contribution in [2.24, 2.45) is 5.10 Å². The van der Waals surface area contributed by atoms with Crippen LogP contribution in [-0.2, 0) is 6.54 Å². The molecule has 0 aromatic carbocycles. The van der Waals surface area contributed by atoms with Crippen LogP contribution in [0.1, 0.15) is 16.9 Å². The number of furan rings is 1. The Kier molecular flexibility index (Phi) is 5.44. The largest absolute Gasteiger partial charge is 0.467 e. The summed E-state index contributed by atoms with van der Waals surface area (Å²) < 4.78 is 6.72. The molecule has 0 radical (unpaired) electrons. The van der Waals surface area contributed by atoms with Crippen molar-refractivity contribution in [2.75, 3.05) is 16.5 Å². The summed E-state index contributed by atoms with van der Waals surface area (Å²) >= 11 is 0. The highest BCUT2D eigenvalue weighted by atomic mass is 16.6. The van der Waals surface area contributed by atoms with Crippen LogP contribution in [0.25, 0.3) is 5.65 Å². The molecule has 0 aliphatic heterocycles. The zero-order valence-electron chi connectivity index (χ0n) is 16.7. The van der Waals surface area contributed by atoms with E-state index in [-0.39, 0.29) is 28.4 Å². The van der Waals surface area contributed by atoms with Crippen molar-refractivity contribution in [3.05, 3.63) is 80.4 Å². The Bertz CT molecular complexity index is 1380. The van der Waals surface area contributed by atoms with Crippen molar-refractivity contribution < 1.29 is 9.34 Å². The second-order valence-electron chi connectivity index (χ2n) is 6.58. The number of aryl methyl sites for hydroxylation is 1. The maximum absolute atomic E-state index is 13.1. The first-order valence-electron chi connectivity index (χ1n) is 9.28. The Balaban J connectivity index is 1.71. The zero-order chi connectivity index (χ0) is 22.7. The minimum atomic E-state index is -0.732. The summed E-state index contributed by atoms with van der Waals surface area (Å²) in [5.41, 5.74) is 9.02. The van der Waals surface area contributed by atoms with Crippen LogP contribution in [-0.4, -0.2) is 30.5 Å². The van der Waals surface area contributed by atoms with E-state index in [1.54, 1.807) is 30.7 Å². The van der Waals surface area contributed by atoms with Gasteiger partial charge in [0.1, 0.15) is 22.8 Å². The average Bonchev–Trinajstić information content (AvgIpc) is 3.29. The molecule has 162 valence electrons. The number of hydrogen-bond donors (Lipinski definition) is 3. The van der Waals surface area contributed by atoms with Gasteiger partial charge >= 0.3 is 5.82 Å². The van der Waals surface area contributed by atoms with Gasteiger partial charge in [0.05, 0.1) is 19.0 Å². The van der Waals surface area contributed by atoms with E-state index in [1.165, 1.54) is 10.6 Å². The Hall–Kier alpha value is -4.81. The monoisotopic (exact) mass is 435 g/mol. The molecule has 0 aliphatic carbocycles. The number of hydrazone groups is 1. The molecule has 0 aliphatic rings. The van der Waals surface area contributed by atoms with E-state index in [9.17, 15) is 14.9 Å². The highest BCUT2D eigenvalue weighted by Crippen LogP contribution is 2.24. The number of nitrogens with two attached hydrogens (primary N) is 1. The van der Waals surface area contributed by atoms with Gasteiger partial charge in [0.15, 0.2) is 11.5 Å². The number of fused-ring (bicyclic) bond motifs is 1. The quantitative estimate of drug-likeness (QED) is 0.220. The number of nitro groups is 1. The number of anilines is 3. The van der Waals surface area contributed by atoms with Gasteiger partial charge in [0.2, 0.25) is 6.33 Å². The molecule has 0 bridgehead atoms. The number of rotatable bonds is 7. The van der Waals surface area contributed by atoms with Gasteiger partial charge in [-0.05, 0) is 40.6 Å². The fourth-order valence-corrected chi connectivity index (χ4v) is 2.93. The number of aromatic nitrogens is 4.